The number of benzene rings is 9. The van der Waals surface area contributed by atoms with E-state index >= 15 is 0 Å². The molecule has 3 heteroatoms. The highest BCUT2D eigenvalue weighted by atomic mass is 14.9. The van der Waals surface area contributed by atoms with Gasteiger partial charge >= 0.3 is 0 Å². The molecule has 0 atom stereocenters. The van der Waals surface area contributed by atoms with Crippen molar-refractivity contribution in [2.24, 2.45) is 0 Å². The molecule has 0 fully saturated rings. The van der Waals surface area contributed by atoms with Gasteiger partial charge in [0, 0.05) is 29.1 Å². The van der Waals surface area contributed by atoms with Gasteiger partial charge in [0.25, 0.3) is 0 Å². The van der Waals surface area contributed by atoms with Gasteiger partial charge in [-0.05, 0) is 94.7 Å². The molecular weight excluding hydrogens is 703 g/mol. The smallest absolute Gasteiger partial charge is 0.160 e. The van der Waals surface area contributed by atoms with Crippen molar-refractivity contribution in [1.29, 1.82) is 0 Å². The molecule has 0 radical (unpaired) electrons. The Morgan fingerprint density at radius 2 is 0.707 bits per heavy atom. The van der Waals surface area contributed by atoms with Gasteiger partial charge in [-0.2, -0.15) is 0 Å². The average molecular weight is 738 g/mol. The second-order valence-electron chi connectivity index (χ2n) is 14.8. The fourth-order valence-corrected chi connectivity index (χ4v) is 8.51. The van der Waals surface area contributed by atoms with Gasteiger partial charge in [-0.25, -0.2) is 9.97 Å². The lowest BCUT2D eigenvalue weighted by molar-refractivity contribution is 1.18. The summed E-state index contributed by atoms with van der Waals surface area (Å²) in [6.45, 7) is 0. The van der Waals surface area contributed by atoms with Crippen LogP contribution in [0.2, 0.25) is 0 Å². The SMILES string of the molecule is c1ccc(-c2nc(-c3ccc(-c4ccc(-c5cc6c7ccccc7c7ccccc7c6c6ccccc56)cc4)cc3)cc(-c3ccc(-c4cccnc4)cc3)n2)cc1. The van der Waals surface area contributed by atoms with Gasteiger partial charge in [-0.15, -0.1) is 0 Å². The molecular formula is C55H35N3. The number of pyridine rings is 1. The summed E-state index contributed by atoms with van der Waals surface area (Å²) in [5.74, 6) is 0.700. The molecule has 0 aliphatic rings. The van der Waals surface area contributed by atoms with E-state index in [1.165, 1.54) is 59.8 Å². The summed E-state index contributed by atoms with van der Waals surface area (Å²) >= 11 is 0. The van der Waals surface area contributed by atoms with E-state index in [0.717, 1.165) is 44.8 Å². The lowest BCUT2D eigenvalue weighted by Gasteiger charge is -2.16. The molecule has 11 aromatic rings. The number of hydrogen-bond acceptors (Lipinski definition) is 3. The van der Waals surface area contributed by atoms with Crippen LogP contribution in [0.3, 0.4) is 0 Å². The number of fused-ring (bicyclic) bond motifs is 8. The predicted molar refractivity (Wildman–Crippen MR) is 242 cm³/mol. The van der Waals surface area contributed by atoms with Gasteiger partial charge in [0.2, 0.25) is 0 Å². The highest BCUT2D eigenvalue weighted by molar-refractivity contribution is 6.33. The van der Waals surface area contributed by atoms with Crippen molar-refractivity contribution in [2.75, 3.05) is 0 Å². The van der Waals surface area contributed by atoms with Crippen LogP contribution in [0.5, 0.6) is 0 Å². The van der Waals surface area contributed by atoms with Crippen LogP contribution in [0.1, 0.15) is 0 Å². The summed E-state index contributed by atoms with van der Waals surface area (Å²) in [6.07, 6.45) is 3.68. The average Bonchev–Trinajstić information content (AvgIpc) is 3.32. The molecule has 0 bridgehead atoms. The molecule has 0 saturated heterocycles. The summed E-state index contributed by atoms with van der Waals surface area (Å²) < 4.78 is 0. The fourth-order valence-electron chi connectivity index (χ4n) is 8.51. The van der Waals surface area contributed by atoms with Crippen molar-refractivity contribution in [3.05, 3.63) is 213 Å². The normalized spacial score (nSPS) is 11.4. The van der Waals surface area contributed by atoms with Crippen LogP contribution >= 0.6 is 0 Å². The van der Waals surface area contributed by atoms with E-state index in [1.807, 2.05) is 30.5 Å². The van der Waals surface area contributed by atoms with Gasteiger partial charge in [-0.1, -0.05) is 182 Å². The molecule has 58 heavy (non-hydrogen) atoms. The molecule has 0 aliphatic carbocycles. The van der Waals surface area contributed by atoms with Crippen LogP contribution in [0.25, 0.3) is 110 Å². The zero-order valence-electron chi connectivity index (χ0n) is 31.5. The van der Waals surface area contributed by atoms with Crippen LogP contribution < -0.4 is 0 Å². The van der Waals surface area contributed by atoms with Crippen molar-refractivity contribution < 1.29 is 0 Å². The minimum Gasteiger partial charge on any atom is -0.264 e. The Balaban J connectivity index is 0.952. The molecule has 0 saturated carbocycles. The van der Waals surface area contributed by atoms with Gasteiger partial charge < -0.3 is 0 Å². The fraction of sp³-hybridized carbons (Fsp3) is 0. The molecule has 9 aromatic carbocycles. The Morgan fingerprint density at radius 1 is 0.276 bits per heavy atom. The number of rotatable bonds is 6. The number of hydrogen-bond donors (Lipinski definition) is 0. The van der Waals surface area contributed by atoms with Crippen molar-refractivity contribution in [1.82, 2.24) is 15.0 Å². The van der Waals surface area contributed by atoms with Crippen molar-refractivity contribution >= 4 is 43.1 Å². The first-order chi connectivity index (χ1) is 28.7. The first-order valence-corrected chi connectivity index (χ1v) is 19.7. The Hall–Kier alpha value is -7.75. The van der Waals surface area contributed by atoms with E-state index in [4.69, 9.17) is 9.97 Å². The third-order valence-electron chi connectivity index (χ3n) is 11.4. The van der Waals surface area contributed by atoms with E-state index in [2.05, 4.69) is 181 Å². The van der Waals surface area contributed by atoms with E-state index in [-0.39, 0.29) is 0 Å². The van der Waals surface area contributed by atoms with Gasteiger partial charge in [0.1, 0.15) is 0 Å². The zero-order valence-corrected chi connectivity index (χ0v) is 31.5. The Bertz CT molecular complexity index is 3280. The maximum absolute atomic E-state index is 5.07. The van der Waals surface area contributed by atoms with E-state index in [9.17, 15) is 0 Å². The minimum absolute atomic E-state index is 0.700. The van der Waals surface area contributed by atoms with Crippen LogP contribution in [0.4, 0.5) is 0 Å². The molecule has 0 aliphatic heterocycles. The Labute approximate surface area is 336 Å². The summed E-state index contributed by atoms with van der Waals surface area (Å²) in [4.78, 5) is 14.4. The third kappa shape index (κ3) is 5.89. The molecule has 270 valence electrons. The number of aromatic nitrogens is 3. The van der Waals surface area contributed by atoms with Crippen molar-refractivity contribution in [2.45, 2.75) is 0 Å². The largest absolute Gasteiger partial charge is 0.264 e. The molecule has 0 unspecified atom stereocenters. The van der Waals surface area contributed by atoms with E-state index in [1.54, 1.807) is 6.20 Å². The van der Waals surface area contributed by atoms with Crippen LogP contribution in [-0.4, -0.2) is 15.0 Å². The summed E-state index contributed by atoms with van der Waals surface area (Å²) in [5, 5.41) is 10.3. The predicted octanol–water partition coefficient (Wildman–Crippen LogP) is 14.5. The second kappa shape index (κ2) is 14.1. The highest BCUT2D eigenvalue weighted by Crippen LogP contribution is 2.43. The van der Waals surface area contributed by atoms with E-state index < -0.39 is 0 Å². The summed E-state index contributed by atoms with van der Waals surface area (Å²) in [7, 11) is 0. The third-order valence-corrected chi connectivity index (χ3v) is 11.4. The quantitative estimate of drug-likeness (QED) is 0.160. The maximum Gasteiger partial charge on any atom is 0.160 e. The summed E-state index contributed by atoms with van der Waals surface area (Å²) in [6, 6.07) is 71.5. The molecule has 2 aromatic heterocycles. The molecule has 11 rings (SSSR count). The molecule has 2 heterocycles. The van der Waals surface area contributed by atoms with Crippen LogP contribution in [-0.2, 0) is 0 Å². The highest BCUT2D eigenvalue weighted by Gasteiger charge is 2.16. The molecule has 0 amide bonds. The van der Waals surface area contributed by atoms with Crippen molar-refractivity contribution in [3.63, 3.8) is 0 Å². The molecule has 0 spiro atoms. The standard InChI is InChI=1S/C55H35N3/c1-2-11-42(12-3-1)55-57-52(34-53(58-55)41-30-24-38(25-31-41)43-13-10-32-56-35-43)40-28-22-37(23-29-40)36-20-26-39(27-21-36)50-33-51-46-16-5-4-14-44(46)45-15-6-8-18-48(45)54(51)49-19-9-7-17-47(49)50/h1-35H. The first kappa shape index (κ1) is 33.6. The number of nitrogens with zero attached hydrogens (tertiary/aromatic N) is 3. The van der Waals surface area contributed by atoms with Crippen molar-refractivity contribution in [3.8, 4) is 67.3 Å². The first-order valence-electron chi connectivity index (χ1n) is 19.7. The monoisotopic (exact) mass is 737 g/mol. The Kier molecular flexibility index (Phi) is 8.15. The molecule has 3 nitrogen and oxygen atoms in total. The van der Waals surface area contributed by atoms with Gasteiger partial charge in [0.05, 0.1) is 11.4 Å². The van der Waals surface area contributed by atoms with Crippen LogP contribution in [0.15, 0.2) is 213 Å². The minimum atomic E-state index is 0.700. The topological polar surface area (TPSA) is 38.7 Å². The maximum atomic E-state index is 5.07. The Morgan fingerprint density at radius 3 is 1.28 bits per heavy atom. The van der Waals surface area contributed by atoms with Gasteiger partial charge in [0.15, 0.2) is 5.82 Å². The lowest BCUT2D eigenvalue weighted by atomic mass is 9.87. The van der Waals surface area contributed by atoms with Crippen LogP contribution in [0, 0.1) is 0 Å². The zero-order chi connectivity index (χ0) is 38.4. The second-order valence-corrected chi connectivity index (χ2v) is 14.8. The summed E-state index contributed by atoms with van der Waals surface area (Å²) in [5.41, 5.74) is 11.8. The lowest BCUT2D eigenvalue weighted by Crippen LogP contribution is -1.96. The van der Waals surface area contributed by atoms with Gasteiger partial charge in [-0.3, -0.25) is 4.98 Å². The van der Waals surface area contributed by atoms with E-state index in [0.29, 0.717) is 5.82 Å². The molecule has 0 N–H and O–H groups in total.